The van der Waals surface area contributed by atoms with Gasteiger partial charge in [-0.15, -0.1) is 0 Å². The van der Waals surface area contributed by atoms with E-state index in [1.165, 1.54) is 12.1 Å². The number of halogens is 2. The summed E-state index contributed by atoms with van der Waals surface area (Å²) in [6.07, 6.45) is 0.492. The fourth-order valence-corrected chi connectivity index (χ4v) is 3.23. The second-order valence-corrected chi connectivity index (χ2v) is 6.82. The van der Waals surface area contributed by atoms with E-state index in [0.29, 0.717) is 18.4 Å². The Labute approximate surface area is 153 Å². The van der Waals surface area contributed by atoms with Crippen LogP contribution in [0.1, 0.15) is 24.6 Å². The van der Waals surface area contributed by atoms with Crippen LogP contribution in [0.25, 0.3) is 0 Å². The molecule has 0 saturated carbocycles. The Kier molecular flexibility index (Phi) is 6.46. The fourth-order valence-electron chi connectivity index (χ4n) is 2.61. The van der Waals surface area contributed by atoms with Gasteiger partial charge >= 0.3 is 14.3 Å². The Balaban J connectivity index is 1.47. The summed E-state index contributed by atoms with van der Waals surface area (Å²) in [5.74, 6) is -1.53. The van der Waals surface area contributed by atoms with Crippen molar-refractivity contribution in [2.24, 2.45) is 0 Å². The normalized spacial score (nSPS) is 20.7. The average Bonchev–Trinajstić information content (AvgIpc) is 3.11. The predicted molar refractivity (Wildman–Crippen MR) is 90.7 cm³/mol. The van der Waals surface area contributed by atoms with Crippen molar-refractivity contribution in [1.29, 1.82) is 0 Å². The smallest absolute Gasteiger partial charge is 0.330 e. The number of rotatable bonds is 7. The first-order valence-corrected chi connectivity index (χ1v) is 9.21. The lowest BCUT2D eigenvalue weighted by molar-refractivity contribution is -0.0233. The third-order valence-electron chi connectivity index (χ3n) is 3.98. The first-order valence-electron chi connectivity index (χ1n) is 8.08. The van der Waals surface area contributed by atoms with E-state index in [2.05, 4.69) is 0 Å². The zero-order valence-electron chi connectivity index (χ0n) is 14.0. The summed E-state index contributed by atoms with van der Waals surface area (Å²) in [5.41, 5.74) is -1.57. The molecular formula is C16H17F2N2O6P. The van der Waals surface area contributed by atoms with E-state index in [0.717, 1.165) is 10.8 Å². The van der Waals surface area contributed by atoms with Crippen molar-refractivity contribution in [2.45, 2.75) is 31.8 Å². The standard InChI is InChI=1S/C16H17F2N2O6P/c17-12-4-2-1-3-10(12)8-24-27(23)25-9-11-5-6-14(26-11)20-7-13(18)15(21)19-16(20)22/h1-4,7,11,14,23H,5-6,8-9H2,(H,19,21,22). The Hall–Kier alpha value is -1.97. The number of hydrogen-bond donors (Lipinski definition) is 2. The van der Waals surface area contributed by atoms with Crippen LogP contribution in [0, 0.1) is 11.6 Å². The summed E-state index contributed by atoms with van der Waals surface area (Å²) < 4.78 is 43.6. The van der Waals surface area contributed by atoms with E-state index in [1.54, 1.807) is 12.1 Å². The molecule has 0 bridgehead atoms. The number of nitrogens with one attached hydrogen (secondary N) is 1. The summed E-state index contributed by atoms with van der Waals surface area (Å²) in [4.78, 5) is 34.4. The molecule has 8 nitrogen and oxygen atoms in total. The van der Waals surface area contributed by atoms with Gasteiger partial charge in [0, 0.05) is 5.56 Å². The van der Waals surface area contributed by atoms with E-state index in [4.69, 9.17) is 13.8 Å². The largest absolute Gasteiger partial charge is 0.352 e. The minimum Gasteiger partial charge on any atom is -0.352 e. The van der Waals surface area contributed by atoms with E-state index in [9.17, 15) is 23.3 Å². The van der Waals surface area contributed by atoms with Gasteiger partial charge < -0.3 is 18.7 Å². The lowest BCUT2D eigenvalue weighted by atomic mass is 10.2. The highest BCUT2D eigenvalue weighted by molar-refractivity contribution is 7.40. The zero-order valence-corrected chi connectivity index (χ0v) is 14.9. The van der Waals surface area contributed by atoms with Crippen molar-refractivity contribution in [3.63, 3.8) is 0 Å². The molecule has 146 valence electrons. The van der Waals surface area contributed by atoms with Crippen LogP contribution in [0.4, 0.5) is 8.78 Å². The van der Waals surface area contributed by atoms with Gasteiger partial charge in [0.25, 0.3) is 5.56 Å². The maximum absolute atomic E-state index is 13.5. The molecule has 1 aliphatic rings. The molecule has 11 heteroatoms. The van der Waals surface area contributed by atoms with Crippen LogP contribution in [0.5, 0.6) is 0 Å². The number of benzene rings is 1. The topological polar surface area (TPSA) is 103 Å². The van der Waals surface area contributed by atoms with Crippen molar-refractivity contribution < 1.29 is 27.5 Å². The van der Waals surface area contributed by atoms with Crippen LogP contribution in [-0.2, 0) is 20.4 Å². The minimum atomic E-state index is -2.24. The van der Waals surface area contributed by atoms with Gasteiger partial charge in [0.1, 0.15) is 12.0 Å². The molecule has 27 heavy (non-hydrogen) atoms. The molecular weight excluding hydrogens is 385 g/mol. The van der Waals surface area contributed by atoms with E-state index < -0.39 is 43.8 Å². The second-order valence-electron chi connectivity index (χ2n) is 5.83. The zero-order chi connectivity index (χ0) is 19.4. The molecule has 3 rings (SSSR count). The number of ether oxygens (including phenoxy) is 1. The molecule has 1 aromatic heterocycles. The van der Waals surface area contributed by atoms with Crippen LogP contribution in [-0.4, -0.2) is 27.2 Å². The van der Waals surface area contributed by atoms with Gasteiger partial charge in [-0.05, 0) is 18.9 Å². The van der Waals surface area contributed by atoms with Crippen LogP contribution in [0.2, 0.25) is 0 Å². The van der Waals surface area contributed by atoms with Crippen molar-refractivity contribution >= 4 is 8.60 Å². The molecule has 2 heterocycles. The molecule has 1 saturated heterocycles. The summed E-state index contributed by atoms with van der Waals surface area (Å²) in [6.45, 7) is -0.161. The van der Waals surface area contributed by atoms with E-state index in [-0.39, 0.29) is 13.2 Å². The molecule has 3 atom stereocenters. The second kappa shape index (κ2) is 8.81. The summed E-state index contributed by atoms with van der Waals surface area (Å²) in [5, 5.41) is 0. The quantitative estimate of drug-likeness (QED) is 0.687. The lowest BCUT2D eigenvalue weighted by Gasteiger charge is -2.17. The van der Waals surface area contributed by atoms with Crippen LogP contribution in [0.3, 0.4) is 0 Å². The fraction of sp³-hybridized carbons (Fsp3) is 0.375. The maximum atomic E-state index is 13.5. The monoisotopic (exact) mass is 402 g/mol. The van der Waals surface area contributed by atoms with Crippen LogP contribution < -0.4 is 11.2 Å². The molecule has 3 unspecified atom stereocenters. The Morgan fingerprint density at radius 2 is 2.00 bits per heavy atom. The van der Waals surface area contributed by atoms with Gasteiger partial charge in [-0.25, -0.2) is 9.18 Å². The average molecular weight is 402 g/mol. The third kappa shape index (κ3) is 5.06. The molecule has 1 aliphatic heterocycles. The molecule has 0 radical (unpaired) electrons. The Morgan fingerprint density at radius 3 is 2.78 bits per heavy atom. The number of aromatic amines is 1. The number of hydrogen-bond acceptors (Lipinski definition) is 6. The van der Waals surface area contributed by atoms with Crippen LogP contribution in [0.15, 0.2) is 40.1 Å². The van der Waals surface area contributed by atoms with Crippen molar-refractivity contribution in [3.8, 4) is 0 Å². The summed E-state index contributed by atoms with van der Waals surface area (Å²) in [6, 6.07) is 6.01. The van der Waals surface area contributed by atoms with Crippen molar-refractivity contribution in [1.82, 2.24) is 9.55 Å². The molecule has 0 aliphatic carbocycles. The van der Waals surface area contributed by atoms with Gasteiger partial charge in [-0.3, -0.25) is 14.3 Å². The molecule has 0 spiro atoms. The van der Waals surface area contributed by atoms with Crippen LogP contribution >= 0.6 is 8.60 Å². The summed E-state index contributed by atoms with van der Waals surface area (Å²) in [7, 11) is -2.24. The SMILES string of the molecule is O=c1[nH]c(=O)n(C2CCC(COP(O)OCc3ccccc3F)O2)cc1F. The van der Waals surface area contributed by atoms with E-state index in [1.807, 2.05) is 4.98 Å². The first kappa shape index (κ1) is 19.8. The summed E-state index contributed by atoms with van der Waals surface area (Å²) >= 11 is 0. The highest BCUT2D eigenvalue weighted by atomic mass is 31.2. The van der Waals surface area contributed by atoms with Gasteiger partial charge in [-0.1, -0.05) is 18.2 Å². The number of H-pyrrole nitrogens is 1. The lowest BCUT2D eigenvalue weighted by Crippen LogP contribution is -2.34. The van der Waals surface area contributed by atoms with Gasteiger partial charge in [0.2, 0.25) is 5.82 Å². The minimum absolute atomic E-state index is 0.0173. The highest BCUT2D eigenvalue weighted by Crippen LogP contribution is 2.36. The molecule has 2 N–H and O–H groups in total. The van der Waals surface area contributed by atoms with Gasteiger partial charge in [-0.2, -0.15) is 4.39 Å². The van der Waals surface area contributed by atoms with Crippen molar-refractivity contribution in [3.05, 3.63) is 68.5 Å². The van der Waals surface area contributed by atoms with Gasteiger partial charge in [0.15, 0.2) is 0 Å². The number of nitrogens with zero attached hydrogens (tertiary/aromatic N) is 1. The van der Waals surface area contributed by atoms with Crippen molar-refractivity contribution in [2.75, 3.05) is 6.61 Å². The molecule has 1 fully saturated rings. The van der Waals surface area contributed by atoms with E-state index >= 15 is 0 Å². The predicted octanol–water partition coefficient (Wildman–Crippen LogP) is 1.94. The van der Waals surface area contributed by atoms with Gasteiger partial charge in [0.05, 0.1) is 25.5 Å². The molecule has 2 aromatic rings. The Bertz CT molecular complexity index is 905. The maximum Gasteiger partial charge on any atom is 0.330 e. The third-order valence-corrected chi connectivity index (χ3v) is 4.70. The first-order chi connectivity index (χ1) is 12.9. The number of aromatic nitrogens is 2. The molecule has 1 aromatic carbocycles. The Morgan fingerprint density at radius 1 is 1.22 bits per heavy atom. The highest BCUT2D eigenvalue weighted by Gasteiger charge is 2.29. The molecule has 0 amide bonds.